The lowest BCUT2D eigenvalue weighted by atomic mass is 9.97. The van der Waals surface area contributed by atoms with Gasteiger partial charge in [-0.3, -0.25) is 0 Å². The molecular weight excluding hydrogens is 196 g/mol. The minimum Gasteiger partial charge on any atom is -0.385 e. The molecule has 0 unspecified atom stereocenters. The number of hydrogen-bond donors (Lipinski definition) is 2. The van der Waals surface area contributed by atoms with Crippen molar-refractivity contribution in [2.24, 2.45) is 5.92 Å². The quantitative estimate of drug-likeness (QED) is 0.808. The average Bonchev–Trinajstić information content (AvgIpc) is 3.13. The van der Waals surface area contributed by atoms with Crippen LogP contribution in [0.5, 0.6) is 0 Å². The van der Waals surface area contributed by atoms with Gasteiger partial charge in [-0.1, -0.05) is 12.1 Å². The number of rotatable bonds is 4. The second-order valence-electron chi connectivity index (χ2n) is 5.05. The van der Waals surface area contributed by atoms with Gasteiger partial charge in [0.25, 0.3) is 0 Å². The molecule has 1 fully saturated rings. The maximum atomic E-state index is 3.59. The second-order valence-corrected chi connectivity index (χ2v) is 5.05. The highest BCUT2D eigenvalue weighted by atomic mass is 14.9. The second kappa shape index (κ2) is 4.46. The van der Waals surface area contributed by atoms with E-state index in [4.69, 9.17) is 0 Å². The van der Waals surface area contributed by atoms with Crippen LogP contribution in [-0.2, 0) is 13.0 Å². The zero-order valence-corrected chi connectivity index (χ0v) is 9.76. The normalized spacial score (nSPS) is 19.0. The average molecular weight is 216 g/mol. The monoisotopic (exact) mass is 216 g/mol. The Morgan fingerprint density at radius 3 is 3.12 bits per heavy atom. The van der Waals surface area contributed by atoms with Crippen LogP contribution < -0.4 is 10.6 Å². The zero-order valence-electron chi connectivity index (χ0n) is 9.76. The van der Waals surface area contributed by atoms with Gasteiger partial charge < -0.3 is 10.6 Å². The molecule has 1 aliphatic heterocycles. The van der Waals surface area contributed by atoms with Crippen LogP contribution in [0, 0.1) is 5.92 Å². The first-order valence-electron chi connectivity index (χ1n) is 6.49. The van der Waals surface area contributed by atoms with Crippen LogP contribution in [0.3, 0.4) is 0 Å². The molecule has 1 heterocycles. The number of benzene rings is 1. The predicted molar refractivity (Wildman–Crippen MR) is 67.7 cm³/mol. The van der Waals surface area contributed by atoms with Crippen LogP contribution >= 0.6 is 0 Å². The number of anilines is 1. The van der Waals surface area contributed by atoms with Gasteiger partial charge in [-0.05, 0) is 55.3 Å². The third-order valence-corrected chi connectivity index (χ3v) is 3.64. The number of fused-ring (bicyclic) bond motifs is 1. The molecule has 0 spiro atoms. The van der Waals surface area contributed by atoms with Gasteiger partial charge in [0.05, 0.1) is 0 Å². The lowest BCUT2D eigenvalue weighted by molar-refractivity contribution is 0.633. The van der Waals surface area contributed by atoms with Gasteiger partial charge in [0, 0.05) is 18.8 Å². The minimum atomic E-state index is 0.970. The lowest BCUT2D eigenvalue weighted by Gasteiger charge is -2.21. The summed E-state index contributed by atoms with van der Waals surface area (Å²) in [6.07, 6.45) is 5.37. The van der Waals surface area contributed by atoms with Gasteiger partial charge in [0.15, 0.2) is 0 Å². The maximum Gasteiger partial charge on any atom is 0.0375 e. The fourth-order valence-corrected chi connectivity index (χ4v) is 2.48. The summed E-state index contributed by atoms with van der Waals surface area (Å²) in [6.45, 7) is 3.38. The van der Waals surface area contributed by atoms with Crippen LogP contribution in [0.15, 0.2) is 18.2 Å². The number of nitrogens with one attached hydrogen (secondary N) is 2. The van der Waals surface area contributed by atoms with Crippen LogP contribution in [0.1, 0.15) is 30.4 Å². The molecule has 0 atom stereocenters. The minimum absolute atomic E-state index is 0.970. The summed E-state index contributed by atoms with van der Waals surface area (Å²) in [6, 6.07) is 6.65. The van der Waals surface area contributed by atoms with Gasteiger partial charge in [0.2, 0.25) is 0 Å². The van der Waals surface area contributed by atoms with Crippen molar-refractivity contribution in [1.29, 1.82) is 0 Å². The molecule has 2 nitrogen and oxygen atoms in total. The Hall–Kier alpha value is -1.02. The summed E-state index contributed by atoms with van der Waals surface area (Å²) in [7, 11) is 0. The van der Waals surface area contributed by atoms with E-state index in [0.717, 1.165) is 19.0 Å². The van der Waals surface area contributed by atoms with E-state index in [-0.39, 0.29) is 0 Å². The Labute approximate surface area is 97.4 Å². The molecule has 2 heteroatoms. The summed E-state index contributed by atoms with van der Waals surface area (Å²) in [5.74, 6) is 0.970. The van der Waals surface area contributed by atoms with Crippen LogP contribution in [0.4, 0.5) is 5.69 Å². The van der Waals surface area contributed by atoms with Crippen molar-refractivity contribution in [2.45, 2.75) is 32.2 Å². The van der Waals surface area contributed by atoms with Crippen molar-refractivity contribution in [2.75, 3.05) is 18.4 Å². The van der Waals surface area contributed by atoms with Gasteiger partial charge in [-0.15, -0.1) is 0 Å². The summed E-state index contributed by atoms with van der Waals surface area (Å²) >= 11 is 0. The van der Waals surface area contributed by atoms with Gasteiger partial charge in [-0.2, -0.15) is 0 Å². The Morgan fingerprint density at radius 1 is 1.31 bits per heavy atom. The molecule has 2 aliphatic rings. The highest BCUT2D eigenvalue weighted by molar-refractivity contribution is 5.56. The summed E-state index contributed by atoms with van der Waals surface area (Å²) < 4.78 is 0. The third kappa shape index (κ3) is 2.22. The molecule has 1 aliphatic carbocycles. The van der Waals surface area contributed by atoms with Crippen LogP contribution in [-0.4, -0.2) is 13.1 Å². The van der Waals surface area contributed by atoms with E-state index in [9.17, 15) is 0 Å². The fourth-order valence-electron chi connectivity index (χ4n) is 2.48. The van der Waals surface area contributed by atoms with E-state index in [2.05, 4.69) is 28.8 Å². The molecular formula is C14H20N2. The molecule has 0 amide bonds. The molecule has 0 bridgehead atoms. The molecule has 1 aromatic carbocycles. The fraction of sp³-hybridized carbons (Fsp3) is 0.571. The van der Waals surface area contributed by atoms with Crippen molar-refractivity contribution in [1.82, 2.24) is 5.32 Å². The highest BCUT2D eigenvalue weighted by Gasteiger charge is 2.20. The molecule has 16 heavy (non-hydrogen) atoms. The Bertz CT molecular complexity index is 369. The number of hydrogen-bond acceptors (Lipinski definition) is 2. The predicted octanol–water partition coefficient (Wildman–Crippen LogP) is 2.54. The van der Waals surface area contributed by atoms with E-state index in [1.165, 1.54) is 49.0 Å². The molecule has 1 aromatic rings. The maximum absolute atomic E-state index is 3.59. The van der Waals surface area contributed by atoms with Crippen LogP contribution in [0.2, 0.25) is 0 Å². The molecule has 2 N–H and O–H groups in total. The first kappa shape index (κ1) is 10.2. The Balaban J connectivity index is 1.67. The van der Waals surface area contributed by atoms with Crippen molar-refractivity contribution >= 4 is 5.69 Å². The largest absolute Gasteiger partial charge is 0.385 e. The molecule has 1 saturated carbocycles. The van der Waals surface area contributed by atoms with Crippen molar-refractivity contribution in [3.63, 3.8) is 0 Å². The van der Waals surface area contributed by atoms with E-state index in [0.29, 0.717) is 0 Å². The smallest absolute Gasteiger partial charge is 0.0375 e. The molecule has 86 valence electrons. The van der Waals surface area contributed by atoms with Crippen molar-refractivity contribution in [3.05, 3.63) is 29.3 Å². The lowest BCUT2D eigenvalue weighted by Crippen LogP contribution is -2.19. The highest BCUT2D eigenvalue weighted by Crippen LogP contribution is 2.28. The summed E-state index contributed by atoms with van der Waals surface area (Å²) in [4.78, 5) is 0. The van der Waals surface area contributed by atoms with Crippen molar-refractivity contribution < 1.29 is 0 Å². The molecule has 0 aromatic heterocycles. The first-order chi connectivity index (χ1) is 7.93. The molecule has 3 rings (SSSR count). The summed E-state index contributed by atoms with van der Waals surface area (Å²) in [5, 5.41) is 7.07. The van der Waals surface area contributed by atoms with Gasteiger partial charge in [-0.25, -0.2) is 0 Å². The third-order valence-electron chi connectivity index (χ3n) is 3.64. The Morgan fingerprint density at radius 2 is 2.25 bits per heavy atom. The Kier molecular flexibility index (Phi) is 2.83. The molecule has 0 radical (unpaired) electrons. The summed E-state index contributed by atoms with van der Waals surface area (Å²) in [5.41, 5.74) is 4.39. The van der Waals surface area contributed by atoms with Crippen LogP contribution in [0.25, 0.3) is 0 Å². The van der Waals surface area contributed by atoms with E-state index < -0.39 is 0 Å². The standard InChI is InChI=1S/C14H20N2/c1-3-12(10-15-9-11-6-7-11)13-4-2-8-16-14(13)5-1/h1,3,5,11,15-16H,2,4,6-10H2. The SMILES string of the molecule is c1cc(CNCC2CC2)c2c(c1)NCCC2. The topological polar surface area (TPSA) is 24.1 Å². The zero-order chi connectivity index (χ0) is 10.8. The van der Waals surface area contributed by atoms with E-state index >= 15 is 0 Å². The van der Waals surface area contributed by atoms with E-state index in [1.807, 2.05) is 0 Å². The first-order valence-corrected chi connectivity index (χ1v) is 6.49. The van der Waals surface area contributed by atoms with Gasteiger partial charge in [0.1, 0.15) is 0 Å². The van der Waals surface area contributed by atoms with Crippen molar-refractivity contribution in [3.8, 4) is 0 Å². The van der Waals surface area contributed by atoms with E-state index in [1.54, 1.807) is 0 Å². The molecule has 0 saturated heterocycles. The van der Waals surface area contributed by atoms with Gasteiger partial charge >= 0.3 is 0 Å².